The lowest BCUT2D eigenvalue weighted by Gasteiger charge is -2.28. The zero-order chi connectivity index (χ0) is 26.5. The van der Waals surface area contributed by atoms with E-state index in [9.17, 15) is 9.59 Å². The molecular formula is C28H35N7O3. The molecule has 0 radical (unpaired) electrons. The van der Waals surface area contributed by atoms with Crippen molar-refractivity contribution in [2.75, 3.05) is 51.7 Å². The molecule has 0 atom stereocenters. The Morgan fingerprint density at radius 1 is 1.11 bits per heavy atom. The van der Waals surface area contributed by atoms with Crippen molar-refractivity contribution in [3.8, 4) is 0 Å². The number of benzene rings is 1. The van der Waals surface area contributed by atoms with E-state index in [0.29, 0.717) is 37.1 Å². The van der Waals surface area contributed by atoms with Gasteiger partial charge in [0.2, 0.25) is 5.95 Å². The number of carbonyl (C=O) groups excluding carboxylic acids is 2. The van der Waals surface area contributed by atoms with Crippen LogP contribution >= 0.6 is 0 Å². The standard InChI is InChI=1S/C28H35N7O3/c1-3-38-28(37)34-17-12-21(13-18-34)24-5-4-14-35-25(24)31-27(32-35)30-23-8-6-22(7-9-23)26(36)29-19-20-10-15-33(2)16-11-20/h4-9,12,14,20H,3,10-11,13,15-19H2,1-2H3,(H,29,36)(H,30,32). The van der Waals surface area contributed by atoms with Crippen LogP contribution in [0.1, 0.15) is 42.1 Å². The molecular weight excluding hydrogens is 482 g/mol. The molecule has 2 aliphatic rings. The monoisotopic (exact) mass is 517 g/mol. The molecule has 0 spiro atoms. The molecule has 3 aromatic rings. The van der Waals surface area contributed by atoms with Gasteiger partial charge in [-0.1, -0.05) is 6.08 Å². The van der Waals surface area contributed by atoms with Crippen molar-refractivity contribution in [1.82, 2.24) is 29.7 Å². The smallest absolute Gasteiger partial charge is 0.410 e. The van der Waals surface area contributed by atoms with Gasteiger partial charge in [-0.3, -0.25) is 4.79 Å². The van der Waals surface area contributed by atoms with Gasteiger partial charge in [-0.05, 0) is 94.2 Å². The maximum Gasteiger partial charge on any atom is 0.410 e. The summed E-state index contributed by atoms with van der Waals surface area (Å²) < 4.78 is 6.86. The first-order chi connectivity index (χ1) is 18.5. The van der Waals surface area contributed by atoms with Gasteiger partial charge in [-0.15, -0.1) is 5.10 Å². The Hall–Kier alpha value is -3.92. The number of nitrogens with one attached hydrogen (secondary N) is 2. The molecule has 38 heavy (non-hydrogen) atoms. The molecule has 2 aromatic heterocycles. The minimum atomic E-state index is -0.282. The highest BCUT2D eigenvalue weighted by molar-refractivity contribution is 5.94. The van der Waals surface area contributed by atoms with Crippen molar-refractivity contribution in [2.45, 2.75) is 26.2 Å². The van der Waals surface area contributed by atoms with Crippen molar-refractivity contribution in [3.05, 3.63) is 59.8 Å². The van der Waals surface area contributed by atoms with E-state index in [2.05, 4.69) is 27.7 Å². The Morgan fingerprint density at radius 3 is 2.61 bits per heavy atom. The maximum atomic E-state index is 12.6. The van der Waals surface area contributed by atoms with E-state index < -0.39 is 0 Å². The minimum absolute atomic E-state index is 0.0479. The predicted molar refractivity (Wildman–Crippen MR) is 146 cm³/mol. The van der Waals surface area contributed by atoms with E-state index in [1.807, 2.05) is 55.6 Å². The van der Waals surface area contributed by atoms with Crippen molar-refractivity contribution < 1.29 is 14.3 Å². The Balaban J connectivity index is 1.21. The molecule has 10 nitrogen and oxygen atoms in total. The van der Waals surface area contributed by atoms with E-state index in [0.717, 1.165) is 61.4 Å². The summed E-state index contributed by atoms with van der Waals surface area (Å²) in [6.07, 6.45) is 6.59. The number of fused-ring (bicyclic) bond motifs is 1. The van der Waals surface area contributed by atoms with Crippen molar-refractivity contribution in [2.24, 2.45) is 5.92 Å². The number of carbonyl (C=O) groups is 2. The van der Waals surface area contributed by atoms with Gasteiger partial charge in [0, 0.05) is 42.6 Å². The highest BCUT2D eigenvalue weighted by atomic mass is 16.6. The molecule has 200 valence electrons. The molecule has 2 N–H and O–H groups in total. The summed E-state index contributed by atoms with van der Waals surface area (Å²) in [5.74, 6) is 0.970. The van der Waals surface area contributed by atoms with Gasteiger partial charge in [-0.2, -0.15) is 4.98 Å². The normalized spacial score (nSPS) is 16.8. The number of likely N-dealkylation sites (tertiary alicyclic amines) is 1. The molecule has 0 saturated carbocycles. The first-order valence-corrected chi connectivity index (χ1v) is 13.3. The number of rotatable bonds is 7. The molecule has 1 saturated heterocycles. The third-order valence-corrected chi connectivity index (χ3v) is 7.24. The quantitative estimate of drug-likeness (QED) is 0.491. The molecule has 1 aromatic carbocycles. The van der Waals surface area contributed by atoms with Gasteiger partial charge in [0.15, 0.2) is 5.65 Å². The summed E-state index contributed by atoms with van der Waals surface area (Å²) in [6, 6.07) is 11.3. The third-order valence-electron chi connectivity index (χ3n) is 7.24. The van der Waals surface area contributed by atoms with Crippen LogP contribution in [0.5, 0.6) is 0 Å². The van der Waals surface area contributed by atoms with Crippen molar-refractivity contribution in [1.29, 1.82) is 0 Å². The number of anilines is 2. The molecule has 5 rings (SSSR count). The highest BCUT2D eigenvalue weighted by Crippen LogP contribution is 2.27. The van der Waals surface area contributed by atoms with Crippen LogP contribution in [0.3, 0.4) is 0 Å². The number of nitrogens with zero attached hydrogens (tertiary/aromatic N) is 5. The molecule has 1 fully saturated rings. The highest BCUT2D eigenvalue weighted by Gasteiger charge is 2.21. The first kappa shape index (κ1) is 25.7. The summed E-state index contributed by atoms with van der Waals surface area (Å²) in [5, 5.41) is 10.9. The van der Waals surface area contributed by atoms with E-state index in [1.54, 1.807) is 9.42 Å². The topological polar surface area (TPSA) is 104 Å². The van der Waals surface area contributed by atoms with Crippen LogP contribution in [-0.2, 0) is 4.74 Å². The Bertz CT molecular complexity index is 1310. The van der Waals surface area contributed by atoms with Crippen LogP contribution in [0, 0.1) is 5.92 Å². The second-order valence-corrected chi connectivity index (χ2v) is 9.91. The number of hydrogen-bond donors (Lipinski definition) is 2. The summed E-state index contributed by atoms with van der Waals surface area (Å²) in [7, 11) is 2.14. The zero-order valence-electron chi connectivity index (χ0n) is 22.0. The molecule has 0 unspecified atom stereocenters. The largest absolute Gasteiger partial charge is 0.450 e. The minimum Gasteiger partial charge on any atom is -0.450 e. The Morgan fingerprint density at radius 2 is 1.89 bits per heavy atom. The van der Waals surface area contributed by atoms with Gasteiger partial charge >= 0.3 is 6.09 Å². The number of aromatic nitrogens is 3. The van der Waals surface area contributed by atoms with E-state index in [4.69, 9.17) is 9.72 Å². The molecule has 0 bridgehead atoms. The average molecular weight is 518 g/mol. The van der Waals surface area contributed by atoms with Crippen LogP contribution in [0.4, 0.5) is 16.4 Å². The van der Waals surface area contributed by atoms with Crippen molar-refractivity contribution in [3.63, 3.8) is 0 Å². The summed E-state index contributed by atoms with van der Waals surface area (Å²) >= 11 is 0. The number of pyridine rings is 1. The summed E-state index contributed by atoms with van der Waals surface area (Å²) in [5.41, 5.74) is 4.31. The summed E-state index contributed by atoms with van der Waals surface area (Å²) in [6.45, 7) is 6.18. The van der Waals surface area contributed by atoms with Crippen LogP contribution < -0.4 is 10.6 Å². The average Bonchev–Trinajstić information content (AvgIpc) is 3.36. The Labute approximate surface area is 222 Å². The van der Waals surface area contributed by atoms with Crippen LogP contribution in [0.25, 0.3) is 11.2 Å². The van der Waals surface area contributed by atoms with E-state index in [1.165, 1.54) is 0 Å². The van der Waals surface area contributed by atoms with E-state index in [-0.39, 0.29) is 12.0 Å². The number of hydrogen-bond acceptors (Lipinski definition) is 7. The molecule has 0 aliphatic carbocycles. The SMILES string of the molecule is CCOC(=O)N1CC=C(c2cccn3nc(Nc4ccc(C(=O)NCC5CCN(C)CC5)cc4)nc23)CC1. The number of ether oxygens (including phenoxy) is 1. The third kappa shape index (κ3) is 5.96. The fraction of sp³-hybridized carbons (Fsp3) is 0.429. The van der Waals surface area contributed by atoms with Gasteiger partial charge in [-0.25, -0.2) is 9.31 Å². The maximum absolute atomic E-state index is 12.6. The molecule has 2 aliphatic heterocycles. The van der Waals surface area contributed by atoms with E-state index >= 15 is 0 Å². The van der Waals surface area contributed by atoms with Gasteiger partial charge in [0.05, 0.1) is 6.61 Å². The molecule has 2 amide bonds. The van der Waals surface area contributed by atoms with Crippen molar-refractivity contribution >= 4 is 34.9 Å². The molecule has 10 heteroatoms. The van der Waals surface area contributed by atoms with Crippen LogP contribution in [0.2, 0.25) is 0 Å². The van der Waals surface area contributed by atoms with Crippen LogP contribution in [0.15, 0.2) is 48.7 Å². The fourth-order valence-corrected chi connectivity index (χ4v) is 4.94. The lowest BCUT2D eigenvalue weighted by molar-refractivity contribution is 0.0938. The van der Waals surface area contributed by atoms with Gasteiger partial charge in [0.1, 0.15) is 0 Å². The molecule has 4 heterocycles. The lowest BCUT2D eigenvalue weighted by Crippen LogP contribution is -2.36. The lowest BCUT2D eigenvalue weighted by atomic mass is 9.97. The first-order valence-electron chi connectivity index (χ1n) is 13.3. The zero-order valence-corrected chi connectivity index (χ0v) is 22.0. The van der Waals surface area contributed by atoms with Gasteiger partial charge < -0.3 is 25.2 Å². The second kappa shape index (κ2) is 11.6. The predicted octanol–water partition coefficient (Wildman–Crippen LogP) is 3.79. The summed E-state index contributed by atoms with van der Waals surface area (Å²) in [4.78, 5) is 33.4. The second-order valence-electron chi connectivity index (χ2n) is 9.91. The van der Waals surface area contributed by atoms with Gasteiger partial charge in [0.25, 0.3) is 5.91 Å². The fourth-order valence-electron chi connectivity index (χ4n) is 4.94. The number of piperidine rings is 1. The Kier molecular flexibility index (Phi) is 7.88. The number of amides is 2. The van der Waals surface area contributed by atoms with Crippen LogP contribution in [-0.4, -0.2) is 82.8 Å².